The highest BCUT2D eigenvalue weighted by Crippen LogP contribution is 2.23. The van der Waals surface area contributed by atoms with Gasteiger partial charge in [-0.2, -0.15) is 0 Å². The van der Waals surface area contributed by atoms with Gasteiger partial charge in [-0.1, -0.05) is 0 Å². The Hall–Kier alpha value is -2.37. The van der Waals surface area contributed by atoms with Crippen LogP contribution in [-0.4, -0.2) is 47.4 Å². The van der Waals surface area contributed by atoms with Crippen LogP contribution in [0.2, 0.25) is 0 Å². The van der Waals surface area contributed by atoms with Crippen molar-refractivity contribution in [1.29, 1.82) is 0 Å². The summed E-state index contributed by atoms with van der Waals surface area (Å²) in [4.78, 5) is 38.7. The van der Waals surface area contributed by atoms with Gasteiger partial charge in [-0.3, -0.25) is 14.4 Å². The van der Waals surface area contributed by atoms with Gasteiger partial charge in [-0.15, -0.1) is 0 Å². The molecule has 2 aliphatic heterocycles. The van der Waals surface area contributed by atoms with Crippen molar-refractivity contribution in [3.05, 3.63) is 29.8 Å². The highest BCUT2D eigenvalue weighted by Gasteiger charge is 2.29. The van der Waals surface area contributed by atoms with Crippen molar-refractivity contribution in [1.82, 2.24) is 4.90 Å². The molecule has 0 unspecified atom stereocenters. The number of piperidine rings is 1. The number of nitrogens with zero attached hydrogens (tertiary/aromatic N) is 2. The zero-order valence-corrected chi connectivity index (χ0v) is 12.9. The number of hydrogen-bond acceptors (Lipinski definition) is 3. The fourth-order valence-corrected chi connectivity index (χ4v) is 3.25. The summed E-state index contributed by atoms with van der Waals surface area (Å²) in [6.07, 6.45) is 2.77. The molecule has 0 aliphatic carbocycles. The van der Waals surface area contributed by atoms with Gasteiger partial charge in [0, 0.05) is 37.3 Å². The molecular formula is C17H20N2O4. The molecule has 6 heteroatoms. The van der Waals surface area contributed by atoms with E-state index >= 15 is 0 Å². The van der Waals surface area contributed by atoms with Gasteiger partial charge < -0.3 is 14.9 Å². The normalized spacial score (nSPS) is 21.6. The standard InChI is InChI=1S/C17H20N2O4/c20-15-4-2-10-19(15)14-7-5-12(6-8-14)16(21)18-9-1-3-13(11-18)17(22)23/h5-8,13H,1-4,9-11H2,(H,22,23)/t13-/m0/s1. The molecule has 0 spiro atoms. The minimum absolute atomic E-state index is 0.115. The van der Waals surface area contributed by atoms with E-state index in [1.54, 1.807) is 34.1 Å². The van der Waals surface area contributed by atoms with Crippen LogP contribution >= 0.6 is 0 Å². The Labute approximate surface area is 134 Å². The molecule has 0 bridgehead atoms. The van der Waals surface area contributed by atoms with Crippen LogP contribution in [0.1, 0.15) is 36.0 Å². The summed E-state index contributed by atoms with van der Waals surface area (Å²) in [5, 5.41) is 9.12. The predicted octanol–water partition coefficient (Wildman–Crippen LogP) is 1.75. The van der Waals surface area contributed by atoms with Crippen LogP contribution in [0.3, 0.4) is 0 Å². The molecule has 2 saturated heterocycles. The predicted molar refractivity (Wildman–Crippen MR) is 84.3 cm³/mol. The van der Waals surface area contributed by atoms with Crippen molar-refractivity contribution in [3.8, 4) is 0 Å². The van der Waals surface area contributed by atoms with Crippen LogP contribution in [0.4, 0.5) is 5.69 Å². The summed E-state index contributed by atoms with van der Waals surface area (Å²) in [5.41, 5.74) is 1.34. The maximum Gasteiger partial charge on any atom is 0.308 e. The number of carboxylic acid groups (broad SMARTS) is 1. The Morgan fingerprint density at radius 1 is 1.09 bits per heavy atom. The van der Waals surface area contributed by atoms with Gasteiger partial charge in [0.1, 0.15) is 0 Å². The number of carboxylic acids is 1. The lowest BCUT2D eigenvalue weighted by Crippen LogP contribution is -2.42. The molecule has 2 fully saturated rings. The zero-order valence-electron chi connectivity index (χ0n) is 12.9. The summed E-state index contributed by atoms with van der Waals surface area (Å²) in [6.45, 7) is 1.58. The number of aliphatic carboxylic acids is 1. The number of hydrogen-bond donors (Lipinski definition) is 1. The van der Waals surface area contributed by atoms with E-state index < -0.39 is 11.9 Å². The lowest BCUT2D eigenvalue weighted by molar-refractivity contribution is -0.143. The third-order valence-corrected chi connectivity index (χ3v) is 4.56. The number of carbonyl (C=O) groups excluding carboxylic acids is 2. The average molecular weight is 316 g/mol. The fourth-order valence-electron chi connectivity index (χ4n) is 3.25. The Kier molecular flexibility index (Phi) is 4.32. The third-order valence-electron chi connectivity index (χ3n) is 4.56. The van der Waals surface area contributed by atoms with Crippen molar-refractivity contribution in [3.63, 3.8) is 0 Å². The van der Waals surface area contributed by atoms with Gasteiger partial charge in [0.05, 0.1) is 5.92 Å². The summed E-state index contributed by atoms with van der Waals surface area (Å²) < 4.78 is 0. The molecule has 23 heavy (non-hydrogen) atoms. The molecule has 1 N–H and O–H groups in total. The third kappa shape index (κ3) is 3.21. The lowest BCUT2D eigenvalue weighted by atomic mass is 9.97. The van der Waals surface area contributed by atoms with Crippen molar-refractivity contribution < 1.29 is 19.5 Å². The quantitative estimate of drug-likeness (QED) is 0.921. The van der Waals surface area contributed by atoms with Gasteiger partial charge in [0.25, 0.3) is 5.91 Å². The first-order valence-electron chi connectivity index (χ1n) is 7.99. The van der Waals surface area contributed by atoms with E-state index in [4.69, 9.17) is 5.11 Å². The van der Waals surface area contributed by atoms with Crippen LogP contribution in [0.25, 0.3) is 0 Å². The summed E-state index contributed by atoms with van der Waals surface area (Å²) in [6, 6.07) is 7.01. The molecule has 0 aromatic heterocycles. The topological polar surface area (TPSA) is 77.9 Å². The van der Waals surface area contributed by atoms with Gasteiger partial charge in [-0.25, -0.2) is 0 Å². The van der Waals surface area contributed by atoms with Crippen molar-refractivity contribution >= 4 is 23.5 Å². The number of amides is 2. The van der Waals surface area contributed by atoms with Gasteiger partial charge >= 0.3 is 5.97 Å². The molecule has 2 aliphatic rings. The molecule has 3 rings (SSSR count). The second-order valence-electron chi connectivity index (χ2n) is 6.12. The van der Waals surface area contributed by atoms with E-state index in [0.29, 0.717) is 31.4 Å². The van der Waals surface area contributed by atoms with Crippen LogP contribution < -0.4 is 4.90 Å². The van der Waals surface area contributed by atoms with E-state index in [-0.39, 0.29) is 18.4 Å². The summed E-state index contributed by atoms with van der Waals surface area (Å²) >= 11 is 0. The van der Waals surface area contributed by atoms with Crippen LogP contribution in [-0.2, 0) is 9.59 Å². The maximum absolute atomic E-state index is 12.5. The Morgan fingerprint density at radius 3 is 2.43 bits per heavy atom. The number of likely N-dealkylation sites (tertiary alicyclic amines) is 1. The second kappa shape index (κ2) is 6.40. The van der Waals surface area contributed by atoms with Crippen molar-refractivity contribution in [2.24, 2.45) is 5.92 Å². The highest BCUT2D eigenvalue weighted by molar-refractivity contribution is 5.97. The lowest BCUT2D eigenvalue weighted by Gasteiger charge is -2.30. The number of anilines is 1. The largest absolute Gasteiger partial charge is 0.481 e. The first-order chi connectivity index (χ1) is 11.1. The van der Waals surface area contributed by atoms with E-state index in [2.05, 4.69) is 0 Å². The summed E-state index contributed by atoms with van der Waals surface area (Å²) in [5.74, 6) is -1.35. The smallest absolute Gasteiger partial charge is 0.308 e. The Morgan fingerprint density at radius 2 is 1.83 bits per heavy atom. The molecule has 1 aromatic carbocycles. The van der Waals surface area contributed by atoms with Gasteiger partial charge in [0.2, 0.25) is 5.91 Å². The van der Waals surface area contributed by atoms with Crippen molar-refractivity contribution in [2.45, 2.75) is 25.7 Å². The average Bonchev–Trinajstić information content (AvgIpc) is 3.00. The van der Waals surface area contributed by atoms with Crippen LogP contribution in [0.5, 0.6) is 0 Å². The summed E-state index contributed by atoms with van der Waals surface area (Å²) in [7, 11) is 0. The molecule has 122 valence electrons. The maximum atomic E-state index is 12.5. The Balaban J connectivity index is 1.70. The van der Waals surface area contributed by atoms with E-state index in [1.807, 2.05) is 0 Å². The Bertz CT molecular complexity index is 626. The first kappa shape index (κ1) is 15.5. The first-order valence-corrected chi connectivity index (χ1v) is 7.99. The molecule has 1 aromatic rings. The van der Waals surface area contributed by atoms with Gasteiger partial charge in [0.15, 0.2) is 0 Å². The van der Waals surface area contributed by atoms with Crippen molar-refractivity contribution in [2.75, 3.05) is 24.5 Å². The van der Waals surface area contributed by atoms with Crippen LogP contribution in [0.15, 0.2) is 24.3 Å². The zero-order chi connectivity index (χ0) is 16.4. The SMILES string of the molecule is O=C(O)[C@H]1CCCN(C(=O)c2ccc(N3CCCC3=O)cc2)C1. The van der Waals surface area contributed by atoms with E-state index in [0.717, 1.165) is 18.7 Å². The monoisotopic (exact) mass is 316 g/mol. The fraction of sp³-hybridized carbons (Fsp3) is 0.471. The molecule has 0 saturated carbocycles. The molecule has 2 amide bonds. The molecule has 6 nitrogen and oxygen atoms in total. The van der Waals surface area contributed by atoms with Gasteiger partial charge in [-0.05, 0) is 43.5 Å². The molecule has 2 heterocycles. The molecule has 1 atom stereocenters. The second-order valence-corrected chi connectivity index (χ2v) is 6.12. The number of rotatable bonds is 3. The number of benzene rings is 1. The molecular weight excluding hydrogens is 296 g/mol. The minimum atomic E-state index is -0.842. The minimum Gasteiger partial charge on any atom is -0.481 e. The van der Waals surface area contributed by atoms with Crippen LogP contribution in [0, 0.1) is 5.92 Å². The highest BCUT2D eigenvalue weighted by atomic mass is 16.4. The number of carbonyl (C=O) groups is 3. The molecule has 0 radical (unpaired) electrons. The van der Waals surface area contributed by atoms with E-state index in [9.17, 15) is 14.4 Å². The van der Waals surface area contributed by atoms with E-state index in [1.165, 1.54) is 0 Å².